The first-order chi connectivity index (χ1) is 8.65. The number of anilines is 1. The molecule has 0 bridgehead atoms. The molecule has 1 aliphatic carbocycles. The molecule has 100 valence electrons. The van der Waals surface area contributed by atoms with Crippen LogP contribution in [0.15, 0.2) is 18.2 Å². The van der Waals surface area contributed by atoms with Crippen LogP contribution in [-0.4, -0.2) is 20.1 Å². The molecule has 1 N–H and O–H groups in total. The summed E-state index contributed by atoms with van der Waals surface area (Å²) in [5.41, 5.74) is 1.82. The quantitative estimate of drug-likeness (QED) is 0.880. The van der Waals surface area contributed by atoms with Gasteiger partial charge in [-0.15, -0.1) is 0 Å². The minimum atomic E-state index is -0.107. The Balaban J connectivity index is 2.34. The summed E-state index contributed by atoms with van der Waals surface area (Å²) >= 11 is 0. The predicted molar refractivity (Wildman–Crippen MR) is 74.5 cm³/mol. The molecule has 1 unspecified atom stereocenters. The van der Waals surface area contributed by atoms with Gasteiger partial charge in [0.25, 0.3) is 0 Å². The van der Waals surface area contributed by atoms with Crippen LogP contribution in [0.4, 0.5) is 10.1 Å². The van der Waals surface area contributed by atoms with Crippen molar-refractivity contribution in [2.75, 3.05) is 19.0 Å². The first-order valence-corrected chi connectivity index (χ1v) is 6.83. The average molecular weight is 250 g/mol. The lowest BCUT2D eigenvalue weighted by molar-refractivity contribution is 0.578. The summed E-state index contributed by atoms with van der Waals surface area (Å²) in [7, 11) is 3.94. The molecule has 0 aliphatic heterocycles. The molecule has 2 rings (SSSR count). The highest BCUT2D eigenvalue weighted by Crippen LogP contribution is 2.33. The zero-order valence-electron chi connectivity index (χ0n) is 11.5. The van der Waals surface area contributed by atoms with E-state index in [-0.39, 0.29) is 11.9 Å². The molecule has 18 heavy (non-hydrogen) atoms. The Labute approximate surface area is 109 Å². The summed E-state index contributed by atoms with van der Waals surface area (Å²) in [6.07, 6.45) is 4.89. The van der Waals surface area contributed by atoms with Crippen LogP contribution in [0.25, 0.3) is 0 Å². The number of hydrogen-bond acceptors (Lipinski definition) is 2. The van der Waals surface area contributed by atoms with Crippen molar-refractivity contribution < 1.29 is 4.39 Å². The van der Waals surface area contributed by atoms with Gasteiger partial charge in [0.2, 0.25) is 0 Å². The third-order valence-corrected chi connectivity index (χ3v) is 4.14. The smallest absolute Gasteiger partial charge is 0.146 e. The van der Waals surface area contributed by atoms with Crippen molar-refractivity contribution in [3.63, 3.8) is 0 Å². The average Bonchev–Trinajstić information content (AvgIpc) is 2.90. The minimum absolute atomic E-state index is 0.107. The fourth-order valence-electron chi connectivity index (χ4n) is 2.88. The van der Waals surface area contributed by atoms with Crippen molar-refractivity contribution >= 4 is 5.69 Å². The second kappa shape index (κ2) is 5.70. The van der Waals surface area contributed by atoms with Gasteiger partial charge in [-0.2, -0.15) is 0 Å². The Bertz CT molecular complexity index is 399. The van der Waals surface area contributed by atoms with E-state index in [0.29, 0.717) is 6.04 Å². The van der Waals surface area contributed by atoms with Crippen LogP contribution < -0.4 is 10.2 Å². The van der Waals surface area contributed by atoms with Crippen molar-refractivity contribution in [1.29, 1.82) is 0 Å². The molecule has 0 aromatic heterocycles. The molecule has 0 radical (unpaired) electrons. The van der Waals surface area contributed by atoms with Gasteiger partial charge in [-0.25, -0.2) is 4.39 Å². The van der Waals surface area contributed by atoms with Crippen LogP contribution >= 0.6 is 0 Å². The topological polar surface area (TPSA) is 15.3 Å². The fraction of sp³-hybridized carbons (Fsp3) is 0.600. The first kappa shape index (κ1) is 13.3. The lowest BCUT2D eigenvalue weighted by Gasteiger charge is -2.30. The van der Waals surface area contributed by atoms with Gasteiger partial charge in [-0.3, -0.25) is 0 Å². The Morgan fingerprint density at radius 1 is 1.33 bits per heavy atom. The molecule has 2 nitrogen and oxygen atoms in total. The number of nitrogens with zero attached hydrogens (tertiary/aromatic N) is 1. The van der Waals surface area contributed by atoms with Gasteiger partial charge in [0.05, 0.1) is 5.69 Å². The Hall–Kier alpha value is -1.09. The normalized spacial score (nSPS) is 18.0. The van der Waals surface area contributed by atoms with E-state index in [0.717, 1.165) is 11.3 Å². The number of rotatable bonds is 4. The third kappa shape index (κ3) is 2.51. The second-order valence-electron chi connectivity index (χ2n) is 5.24. The highest BCUT2D eigenvalue weighted by Gasteiger charge is 2.24. The summed E-state index contributed by atoms with van der Waals surface area (Å²) in [4.78, 5) is 2.14. The summed E-state index contributed by atoms with van der Waals surface area (Å²) < 4.78 is 14.2. The van der Waals surface area contributed by atoms with E-state index in [4.69, 9.17) is 0 Å². The maximum Gasteiger partial charge on any atom is 0.146 e. The van der Waals surface area contributed by atoms with E-state index in [2.05, 4.69) is 17.1 Å². The van der Waals surface area contributed by atoms with E-state index >= 15 is 0 Å². The Morgan fingerprint density at radius 2 is 2.00 bits per heavy atom. The van der Waals surface area contributed by atoms with Gasteiger partial charge >= 0.3 is 0 Å². The number of nitrogens with one attached hydrogen (secondary N) is 1. The summed E-state index contributed by atoms with van der Waals surface area (Å²) in [6.45, 7) is 2.07. The zero-order valence-corrected chi connectivity index (χ0v) is 11.5. The lowest BCUT2D eigenvalue weighted by Crippen LogP contribution is -2.31. The SMILES string of the molecule is CNC(C)c1cccc(F)c1N(C)C1CCCC1. The number of benzene rings is 1. The minimum Gasteiger partial charge on any atom is -0.369 e. The summed E-state index contributed by atoms with van der Waals surface area (Å²) in [6, 6.07) is 6.03. The summed E-state index contributed by atoms with van der Waals surface area (Å²) in [5.74, 6) is -0.107. The molecule has 0 saturated heterocycles. The molecule has 3 heteroatoms. The van der Waals surface area contributed by atoms with E-state index < -0.39 is 0 Å². The van der Waals surface area contributed by atoms with E-state index in [9.17, 15) is 4.39 Å². The van der Waals surface area contributed by atoms with Crippen molar-refractivity contribution in [1.82, 2.24) is 5.32 Å². The molecule has 1 aromatic rings. The standard InChI is InChI=1S/C15H23FN2/c1-11(17-2)13-9-6-10-14(16)15(13)18(3)12-7-4-5-8-12/h6,9-12,17H,4-5,7-8H2,1-3H3. The van der Waals surface area contributed by atoms with Crippen LogP contribution in [-0.2, 0) is 0 Å². The molecule has 1 saturated carbocycles. The number of halogens is 1. The Kier molecular flexibility index (Phi) is 4.23. The summed E-state index contributed by atoms with van der Waals surface area (Å²) in [5, 5.41) is 3.20. The molecule has 1 aromatic carbocycles. The van der Waals surface area contributed by atoms with Crippen LogP contribution in [0.2, 0.25) is 0 Å². The molecule has 0 amide bonds. The maximum atomic E-state index is 14.2. The van der Waals surface area contributed by atoms with Gasteiger partial charge in [-0.1, -0.05) is 25.0 Å². The van der Waals surface area contributed by atoms with Gasteiger partial charge in [0, 0.05) is 19.1 Å². The monoisotopic (exact) mass is 250 g/mol. The molecule has 1 fully saturated rings. The predicted octanol–water partition coefficient (Wildman–Crippen LogP) is 3.48. The fourth-order valence-corrected chi connectivity index (χ4v) is 2.88. The molecule has 0 heterocycles. The van der Waals surface area contributed by atoms with E-state index in [1.54, 1.807) is 12.1 Å². The van der Waals surface area contributed by atoms with Gasteiger partial charge in [0.1, 0.15) is 5.82 Å². The van der Waals surface area contributed by atoms with Crippen LogP contribution in [0.1, 0.15) is 44.2 Å². The van der Waals surface area contributed by atoms with Crippen LogP contribution in [0, 0.1) is 5.82 Å². The van der Waals surface area contributed by atoms with Gasteiger partial charge in [0.15, 0.2) is 0 Å². The van der Waals surface area contributed by atoms with Gasteiger partial charge < -0.3 is 10.2 Å². The van der Waals surface area contributed by atoms with Crippen molar-refractivity contribution in [3.8, 4) is 0 Å². The molecule has 0 spiro atoms. The van der Waals surface area contributed by atoms with Crippen molar-refractivity contribution in [2.24, 2.45) is 0 Å². The van der Waals surface area contributed by atoms with Crippen molar-refractivity contribution in [2.45, 2.75) is 44.7 Å². The number of hydrogen-bond donors (Lipinski definition) is 1. The highest BCUT2D eigenvalue weighted by molar-refractivity contribution is 5.56. The molecular formula is C15H23FN2. The number of para-hydroxylation sites is 1. The van der Waals surface area contributed by atoms with Crippen LogP contribution in [0.3, 0.4) is 0 Å². The first-order valence-electron chi connectivity index (χ1n) is 6.83. The third-order valence-electron chi connectivity index (χ3n) is 4.14. The molecule has 1 atom stereocenters. The lowest BCUT2D eigenvalue weighted by atomic mass is 10.0. The Morgan fingerprint density at radius 3 is 2.61 bits per heavy atom. The van der Waals surface area contributed by atoms with Crippen LogP contribution in [0.5, 0.6) is 0 Å². The maximum absolute atomic E-state index is 14.2. The highest BCUT2D eigenvalue weighted by atomic mass is 19.1. The zero-order chi connectivity index (χ0) is 13.1. The molecular weight excluding hydrogens is 227 g/mol. The molecule has 1 aliphatic rings. The van der Waals surface area contributed by atoms with E-state index in [1.807, 2.05) is 20.2 Å². The van der Waals surface area contributed by atoms with Gasteiger partial charge in [-0.05, 0) is 38.4 Å². The van der Waals surface area contributed by atoms with E-state index in [1.165, 1.54) is 25.7 Å². The van der Waals surface area contributed by atoms with Crippen molar-refractivity contribution in [3.05, 3.63) is 29.6 Å². The second-order valence-corrected chi connectivity index (χ2v) is 5.24. The largest absolute Gasteiger partial charge is 0.369 e.